The molecule has 3 fully saturated rings. The molecular weight excluding hydrogens is 258 g/mol. The first-order chi connectivity index (χ1) is 10.3. The summed E-state index contributed by atoms with van der Waals surface area (Å²) in [4.78, 5) is 0. The van der Waals surface area contributed by atoms with E-state index >= 15 is 0 Å². The first-order valence-electron chi connectivity index (χ1n) is 9.68. The fourth-order valence-electron chi connectivity index (χ4n) is 5.37. The van der Waals surface area contributed by atoms with Gasteiger partial charge in [0.1, 0.15) is 0 Å². The summed E-state index contributed by atoms with van der Waals surface area (Å²) in [5, 5.41) is 0. The highest BCUT2D eigenvalue weighted by Crippen LogP contribution is 2.44. The van der Waals surface area contributed by atoms with Gasteiger partial charge in [-0.1, -0.05) is 44.9 Å². The molecule has 0 aromatic carbocycles. The lowest BCUT2D eigenvalue weighted by Gasteiger charge is -2.47. The van der Waals surface area contributed by atoms with Gasteiger partial charge in [0.15, 0.2) is 0 Å². The van der Waals surface area contributed by atoms with Crippen LogP contribution in [0.25, 0.3) is 0 Å². The van der Waals surface area contributed by atoms with Crippen LogP contribution in [0.4, 0.5) is 0 Å². The maximum atomic E-state index is 6.98. The van der Waals surface area contributed by atoms with E-state index < -0.39 is 0 Å². The van der Waals surface area contributed by atoms with Crippen LogP contribution < -0.4 is 5.73 Å². The van der Waals surface area contributed by atoms with E-state index in [1.165, 1.54) is 89.9 Å². The molecule has 2 N–H and O–H groups in total. The zero-order chi connectivity index (χ0) is 14.5. The summed E-state index contributed by atoms with van der Waals surface area (Å²) in [5.74, 6) is 1.75. The molecule has 3 rings (SSSR count). The normalized spacial score (nSPS) is 38.7. The van der Waals surface area contributed by atoms with Crippen LogP contribution in [0.5, 0.6) is 0 Å². The summed E-state index contributed by atoms with van der Waals surface area (Å²) in [6.45, 7) is 0.989. The summed E-state index contributed by atoms with van der Waals surface area (Å²) < 4.78 is 5.78. The third kappa shape index (κ3) is 4.01. The van der Waals surface area contributed by atoms with E-state index in [1.54, 1.807) is 0 Å². The van der Waals surface area contributed by atoms with Crippen LogP contribution in [0.2, 0.25) is 0 Å². The Balaban J connectivity index is 1.53. The van der Waals surface area contributed by atoms with Crippen LogP contribution in [0.3, 0.4) is 0 Å². The molecule has 1 saturated heterocycles. The number of hydrogen-bond donors (Lipinski definition) is 1. The summed E-state index contributed by atoms with van der Waals surface area (Å²) in [6.07, 6.45) is 19.6. The standard InChI is InChI=1S/C19H35NO/c20-19(14-6-10-17-11-7-15-21-17)13-5-4-12-18(19)16-8-2-1-3-9-16/h16-18H,1-15,20H2. The number of rotatable bonds is 5. The van der Waals surface area contributed by atoms with Gasteiger partial charge in [-0.3, -0.25) is 0 Å². The molecule has 2 saturated carbocycles. The monoisotopic (exact) mass is 293 g/mol. The Bertz CT molecular complexity index is 307. The van der Waals surface area contributed by atoms with Crippen molar-refractivity contribution in [1.82, 2.24) is 0 Å². The van der Waals surface area contributed by atoms with Gasteiger partial charge in [-0.25, -0.2) is 0 Å². The van der Waals surface area contributed by atoms with Crippen LogP contribution in [0.15, 0.2) is 0 Å². The quantitative estimate of drug-likeness (QED) is 0.790. The molecule has 0 bridgehead atoms. The summed E-state index contributed by atoms with van der Waals surface area (Å²) in [6, 6.07) is 0. The van der Waals surface area contributed by atoms with Crippen molar-refractivity contribution >= 4 is 0 Å². The molecule has 3 aliphatic rings. The molecule has 122 valence electrons. The molecular formula is C19H35NO. The van der Waals surface area contributed by atoms with E-state index in [0.29, 0.717) is 6.10 Å². The number of nitrogens with two attached hydrogens (primary N) is 1. The maximum absolute atomic E-state index is 6.98. The van der Waals surface area contributed by atoms with Crippen molar-refractivity contribution in [3.63, 3.8) is 0 Å². The smallest absolute Gasteiger partial charge is 0.0576 e. The predicted molar refractivity (Wildman–Crippen MR) is 88.3 cm³/mol. The van der Waals surface area contributed by atoms with Gasteiger partial charge in [0.25, 0.3) is 0 Å². The van der Waals surface area contributed by atoms with Gasteiger partial charge in [-0.05, 0) is 56.8 Å². The van der Waals surface area contributed by atoms with E-state index in [2.05, 4.69) is 0 Å². The Hall–Kier alpha value is -0.0800. The Morgan fingerprint density at radius 2 is 1.71 bits per heavy atom. The third-order valence-corrected chi connectivity index (χ3v) is 6.56. The lowest BCUT2D eigenvalue weighted by molar-refractivity contribution is 0.0761. The maximum Gasteiger partial charge on any atom is 0.0576 e. The van der Waals surface area contributed by atoms with Crippen molar-refractivity contribution in [2.45, 2.75) is 102 Å². The summed E-state index contributed by atoms with van der Waals surface area (Å²) >= 11 is 0. The van der Waals surface area contributed by atoms with Gasteiger partial charge in [0, 0.05) is 12.1 Å². The van der Waals surface area contributed by atoms with Crippen LogP contribution in [0, 0.1) is 11.8 Å². The lowest BCUT2D eigenvalue weighted by Crippen LogP contribution is -2.52. The molecule has 2 nitrogen and oxygen atoms in total. The number of hydrogen-bond acceptors (Lipinski definition) is 2. The van der Waals surface area contributed by atoms with Crippen LogP contribution in [0.1, 0.15) is 89.9 Å². The largest absolute Gasteiger partial charge is 0.378 e. The average molecular weight is 293 g/mol. The molecule has 1 aliphatic heterocycles. The second-order valence-corrected chi connectivity index (χ2v) is 8.01. The first kappa shape index (κ1) is 15.8. The average Bonchev–Trinajstić information content (AvgIpc) is 3.02. The van der Waals surface area contributed by atoms with Gasteiger partial charge >= 0.3 is 0 Å². The molecule has 0 amide bonds. The molecule has 2 aliphatic carbocycles. The molecule has 3 atom stereocenters. The van der Waals surface area contributed by atoms with Crippen molar-refractivity contribution in [1.29, 1.82) is 0 Å². The van der Waals surface area contributed by atoms with Crippen LogP contribution in [-0.4, -0.2) is 18.2 Å². The second-order valence-electron chi connectivity index (χ2n) is 8.01. The fourth-order valence-corrected chi connectivity index (χ4v) is 5.37. The Morgan fingerprint density at radius 3 is 2.48 bits per heavy atom. The van der Waals surface area contributed by atoms with Crippen molar-refractivity contribution in [3.05, 3.63) is 0 Å². The molecule has 1 heterocycles. The van der Waals surface area contributed by atoms with Crippen LogP contribution in [-0.2, 0) is 4.74 Å². The lowest BCUT2D eigenvalue weighted by atomic mass is 9.62. The second kappa shape index (κ2) is 7.46. The summed E-state index contributed by atoms with van der Waals surface area (Å²) in [7, 11) is 0. The first-order valence-corrected chi connectivity index (χ1v) is 9.68. The van der Waals surface area contributed by atoms with Crippen molar-refractivity contribution in [3.8, 4) is 0 Å². The van der Waals surface area contributed by atoms with Crippen molar-refractivity contribution in [2.24, 2.45) is 17.6 Å². The Morgan fingerprint density at radius 1 is 0.905 bits per heavy atom. The summed E-state index contributed by atoms with van der Waals surface area (Å²) in [5.41, 5.74) is 7.13. The zero-order valence-corrected chi connectivity index (χ0v) is 13.8. The molecule has 0 radical (unpaired) electrons. The highest BCUT2D eigenvalue weighted by molar-refractivity contribution is 4.97. The molecule has 0 aromatic heterocycles. The van der Waals surface area contributed by atoms with Gasteiger partial charge in [-0.15, -0.1) is 0 Å². The minimum absolute atomic E-state index is 0.152. The highest BCUT2D eigenvalue weighted by atomic mass is 16.5. The molecule has 2 heteroatoms. The van der Waals surface area contributed by atoms with Crippen LogP contribution >= 0.6 is 0 Å². The van der Waals surface area contributed by atoms with Gasteiger partial charge in [0.2, 0.25) is 0 Å². The minimum Gasteiger partial charge on any atom is -0.378 e. The van der Waals surface area contributed by atoms with E-state index in [0.717, 1.165) is 18.4 Å². The van der Waals surface area contributed by atoms with Gasteiger partial charge in [0.05, 0.1) is 6.10 Å². The van der Waals surface area contributed by atoms with E-state index in [1.807, 2.05) is 0 Å². The molecule has 0 aromatic rings. The minimum atomic E-state index is 0.152. The highest BCUT2D eigenvalue weighted by Gasteiger charge is 2.41. The third-order valence-electron chi connectivity index (χ3n) is 6.56. The van der Waals surface area contributed by atoms with Crippen molar-refractivity contribution in [2.75, 3.05) is 6.61 Å². The van der Waals surface area contributed by atoms with Crippen molar-refractivity contribution < 1.29 is 4.74 Å². The SMILES string of the molecule is NC1(CCCC2CCCO2)CCCCC1C1CCCCC1. The Labute approximate surface area is 131 Å². The fraction of sp³-hybridized carbons (Fsp3) is 1.00. The molecule has 21 heavy (non-hydrogen) atoms. The molecule has 0 spiro atoms. The van der Waals surface area contributed by atoms with Gasteiger partial charge in [-0.2, -0.15) is 0 Å². The topological polar surface area (TPSA) is 35.2 Å². The number of ether oxygens (including phenoxy) is 1. The van der Waals surface area contributed by atoms with E-state index in [-0.39, 0.29) is 5.54 Å². The van der Waals surface area contributed by atoms with E-state index in [4.69, 9.17) is 10.5 Å². The zero-order valence-electron chi connectivity index (χ0n) is 13.8. The molecule has 3 unspecified atom stereocenters. The Kier molecular flexibility index (Phi) is 5.61. The van der Waals surface area contributed by atoms with Gasteiger partial charge < -0.3 is 10.5 Å². The predicted octanol–water partition coefficient (Wildman–Crippen LogP) is 4.80. The van der Waals surface area contributed by atoms with E-state index in [9.17, 15) is 0 Å².